The molecule has 0 aliphatic carbocycles. The van der Waals surface area contributed by atoms with Gasteiger partial charge in [0, 0.05) is 17.2 Å². The van der Waals surface area contributed by atoms with Crippen molar-refractivity contribution in [1.29, 1.82) is 0 Å². The second-order valence-electron chi connectivity index (χ2n) is 4.00. The average molecular weight is 267 g/mol. The molecule has 2 aromatic rings. The molecule has 0 unspecified atom stereocenters. The van der Waals surface area contributed by atoms with Gasteiger partial charge in [0.15, 0.2) is 11.5 Å². The Kier molecular flexibility index (Phi) is 2.56. The Morgan fingerprint density at radius 2 is 2.06 bits per heavy atom. The van der Waals surface area contributed by atoms with Crippen LogP contribution in [0.3, 0.4) is 0 Å². The molecule has 0 saturated heterocycles. The molecule has 1 aromatic carbocycles. The van der Waals surface area contributed by atoms with Crippen LogP contribution in [0, 0.1) is 6.92 Å². The molecule has 0 radical (unpaired) electrons. The highest BCUT2D eigenvalue weighted by molar-refractivity contribution is 6.34. The van der Waals surface area contributed by atoms with Gasteiger partial charge in [0.25, 0.3) is 0 Å². The monoisotopic (exact) mass is 266 g/mol. The van der Waals surface area contributed by atoms with E-state index in [1.54, 1.807) is 12.1 Å². The van der Waals surface area contributed by atoms with E-state index in [9.17, 15) is 0 Å². The first-order chi connectivity index (χ1) is 8.66. The van der Waals surface area contributed by atoms with E-state index in [1.165, 1.54) is 0 Å². The largest absolute Gasteiger partial charge is 0.486 e. The lowest BCUT2D eigenvalue weighted by Gasteiger charge is -2.21. The van der Waals surface area contributed by atoms with Crippen LogP contribution in [0.15, 0.2) is 16.7 Å². The minimum Gasteiger partial charge on any atom is -0.486 e. The van der Waals surface area contributed by atoms with E-state index in [0.717, 1.165) is 11.1 Å². The summed E-state index contributed by atoms with van der Waals surface area (Å²) in [4.78, 5) is 0. The Hall–Kier alpha value is -1.88. The summed E-state index contributed by atoms with van der Waals surface area (Å²) < 4.78 is 16.0. The molecule has 0 atom stereocenters. The van der Waals surface area contributed by atoms with Crippen molar-refractivity contribution in [3.63, 3.8) is 0 Å². The maximum Gasteiger partial charge on any atom is 0.222 e. The number of aromatic nitrogens is 1. The third-order valence-corrected chi connectivity index (χ3v) is 3.28. The van der Waals surface area contributed by atoms with Gasteiger partial charge in [0.05, 0.1) is 5.02 Å². The van der Waals surface area contributed by atoms with Crippen LogP contribution < -0.4 is 15.2 Å². The summed E-state index contributed by atoms with van der Waals surface area (Å²) >= 11 is 6.32. The van der Waals surface area contributed by atoms with Gasteiger partial charge in [0.1, 0.15) is 18.9 Å². The van der Waals surface area contributed by atoms with Crippen molar-refractivity contribution in [3.05, 3.63) is 22.7 Å². The number of nitrogens with two attached hydrogens (primary N) is 1. The predicted molar refractivity (Wildman–Crippen MR) is 67.1 cm³/mol. The van der Waals surface area contributed by atoms with Crippen LogP contribution >= 0.6 is 11.6 Å². The van der Waals surface area contributed by atoms with Crippen molar-refractivity contribution in [1.82, 2.24) is 5.16 Å². The van der Waals surface area contributed by atoms with E-state index in [0.29, 0.717) is 35.4 Å². The molecule has 1 aromatic heterocycles. The van der Waals surface area contributed by atoms with E-state index in [1.807, 2.05) is 6.92 Å². The van der Waals surface area contributed by atoms with E-state index in [-0.39, 0.29) is 5.88 Å². The van der Waals surface area contributed by atoms with Gasteiger partial charge in [-0.1, -0.05) is 16.8 Å². The summed E-state index contributed by atoms with van der Waals surface area (Å²) in [6, 6.07) is 3.41. The van der Waals surface area contributed by atoms with Crippen molar-refractivity contribution in [2.75, 3.05) is 18.9 Å². The van der Waals surface area contributed by atoms with Gasteiger partial charge < -0.3 is 19.7 Å². The molecule has 0 saturated carbocycles. The number of nitrogens with zero attached hydrogens (tertiary/aromatic N) is 1. The lowest BCUT2D eigenvalue weighted by atomic mass is 10.1. The number of nitrogen functional groups attached to an aromatic ring is 1. The van der Waals surface area contributed by atoms with Gasteiger partial charge in [-0.05, 0) is 13.0 Å². The fourth-order valence-electron chi connectivity index (χ4n) is 1.93. The molecule has 0 fully saturated rings. The fourth-order valence-corrected chi connectivity index (χ4v) is 2.17. The molecule has 1 aliphatic heterocycles. The van der Waals surface area contributed by atoms with Crippen LogP contribution in [0.25, 0.3) is 11.3 Å². The second kappa shape index (κ2) is 4.10. The molecule has 1 aliphatic rings. The van der Waals surface area contributed by atoms with Gasteiger partial charge in [-0.15, -0.1) is 0 Å². The van der Waals surface area contributed by atoms with Crippen LogP contribution in [0.4, 0.5) is 5.88 Å². The molecular weight excluding hydrogens is 256 g/mol. The van der Waals surface area contributed by atoms with Crippen molar-refractivity contribution in [2.45, 2.75) is 6.92 Å². The molecule has 5 nitrogen and oxygen atoms in total. The quantitative estimate of drug-likeness (QED) is 0.859. The Labute approximate surface area is 108 Å². The van der Waals surface area contributed by atoms with E-state index in [2.05, 4.69) is 5.16 Å². The van der Waals surface area contributed by atoms with Gasteiger partial charge in [-0.25, -0.2) is 0 Å². The van der Waals surface area contributed by atoms with Crippen LogP contribution in [0.5, 0.6) is 11.5 Å². The van der Waals surface area contributed by atoms with Crippen LogP contribution in [0.2, 0.25) is 5.02 Å². The summed E-state index contributed by atoms with van der Waals surface area (Å²) in [5.74, 6) is 1.60. The summed E-state index contributed by atoms with van der Waals surface area (Å²) in [6.07, 6.45) is 0. The Balaban J connectivity index is 2.18. The summed E-state index contributed by atoms with van der Waals surface area (Å²) in [7, 11) is 0. The average Bonchev–Trinajstić information content (AvgIpc) is 2.80. The first-order valence-corrected chi connectivity index (χ1v) is 5.86. The number of anilines is 1. The smallest absolute Gasteiger partial charge is 0.222 e. The Morgan fingerprint density at radius 3 is 2.78 bits per heavy atom. The lowest BCUT2D eigenvalue weighted by Crippen LogP contribution is -2.16. The Morgan fingerprint density at radius 1 is 1.28 bits per heavy atom. The highest BCUT2D eigenvalue weighted by Gasteiger charge is 2.21. The van der Waals surface area contributed by atoms with Crippen molar-refractivity contribution in [3.8, 4) is 22.8 Å². The van der Waals surface area contributed by atoms with Crippen LogP contribution in [-0.4, -0.2) is 18.4 Å². The highest BCUT2D eigenvalue weighted by atomic mass is 35.5. The van der Waals surface area contributed by atoms with Gasteiger partial charge in [0.2, 0.25) is 5.88 Å². The maximum absolute atomic E-state index is 6.32. The number of hydrogen-bond acceptors (Lipinski definition) is 5. The number of fused-ring (bicyclic) bond motifs is 1. The molecule has 2 N–H and O–H groups in total. The number of halogens is 1. The third-order valence-electron chi connectivity index (χ3n) is 2.80. The maximum atomic E-state index is 6.32. The zero-order valence-corrected chi connectivity index (χ0v) is 10.5. The number of rotatable bonds is 1. The first kappa shape index (κ1) is 11.2. The number of ether oxygens (including phenoxy) is 2. The molecule has 6 heteroatoms. The second-order valence-corrected chi connectivity index (χ2v) is 4.38. The molecule has 0 amide bonds. The molecule has 18 heavy (non-hydrogen) atoms. The number of benzene rings is 1. The van der Waals surface area contributed by atoms with E-state index < -0.39 is 0 Å². The van der Waals surface area contributed by atoms with E-state index in [4.69, 9.17) is 31.3 Å². The zero-order chi connectivity index (χ0) is 12.7. The zero-order valence-electron chi connectivity index (χ0n) is 9.70. The number of hydrogen-bond donors (Lipinski definition) is 1. The normalized spacial score (nSPS) is 13.7. The van der Waals surface area contributed by atoms with Crippen LogP contribution in [0.1, 0.15) is 5.56 Å². The standard InChI is InChI=1S/C12H11ClN2O3/c1-6-11(13)7(8-5-10(14)18-15-8)4-9-12(6)17-3-2-16-9/h4-5H,2-3,14H2,1H3. The molecular formula is C12H11ClN2O3. The van der Waals surface area contributed by atoms with Crippen molar-refractivity contribution >= 4 is 17.5 Å². The van der Waals surface area contributed by atoms with Crippen molar-refractivity contribution < 1.29 is 14.0 Å². The van der Waals surface area contributed by atoms with Crippen molar-refractivity contribution in [2.24, 2.45) is 0 Å². The predicted octanol–water partition coefficient (Wildman–Crippen LogP) is 2.66. The Bertz CT molecular complexity index is 610. The molecule has 0 spiro atoms. The summed E-state index contributed by atoms with van der Waals surface area (Å²) in [6.45, 7) is 2.93. The topological polar surface area (TPSA) is 70.5 Å². The molecule has 94 valence electrons. The first-order valence-electron chi connectivity index (χ1n) is 5.48. The molecule has 3 rings (SSSR count). The fraction of sp³-hybridized carbons (Fsp3) is 0.250. The van der Waals surface area contributed by atoms with Crippen LogP contribution in [-0.2, 0) is 0 Å². The minimum absolute atomic E-state index is 0.244. The van der Waals surface area contributed by atoms with Gasteiger partial charge >= 0.3 is 0 Å². The third kappa shape index (κ3) is 1.67. The van der Waals surface area contributed by atoms with E-state index >= 15 is 0 Å². The summed E-state index contributed by atoms with van der Waals surface area (Å²) in [5, 5.41) is 4.42. The summed E-state index contributed by atoms with van der Waals surface area (Å²) in [5.41, 5.74) is 7.64. The SMILES string of the molecule is Cc1c(Cl)c(-c2cc(N)on2)cc2c1OCCO2. The minimum atomic E-state index is 0.244. The molecule has 0 bridgehead atoms. The molecule has 2 heterocycles. The van der Waals surface area contributed by atoms with Gasteiger partial charge in [-0.3, -0.25) is 0 Å². The van der Waals surface area contributed by atoms with Gasteiger partial charge in [-0.2, -0.15) is 0 Å². The highest BCUT2D eigenvalue weighted by Crippen LogP contribution is 2.43. The lowest BCUT2D eigenvalue weighted by molar-refractivity contribution is 0.170.